The third-order valence-electron chi connectivity index (χ3n) is 4.15. The summed E-state index contributed by atoms with van der Waals surface area (Å²) in [5.41, 5.74) is 0. The van der Waals surface area contributed by atoms with Crippen LogP contribution in [0.15, 0.2) is 5.16 Å². The van der Waals surface area contributed by atoms with E-state index in [0.717, 1.165) is 50.6 Å². The van der Waals surface area contributed by atoms with E-state index in [1.54, 1.807) is 0 Å². The van der Waals surface area contributed by atoms with Crippen LogP contribution in [0.4, 0.5) is 0 Å². The summed E-state index contributed by atoms with van der Waals surface area (Å²) in [4.78, 5) is 14.2. The lowest BCUT2D eigenvalue weighted by atomic mass is 10.3. The van der Waals surface area contributed by atoms with E-state index < -0.39 is 0 Å². The van der Waals surface area contributed by atoms with E-state index in [2.05, 4.69) is 20.8 Å². The number of tetrazole rings is 1. The second-order valence-corrected chi connectivity index (χ2v) is 6.56. The third kappa shape index (κ3) is 3.74. The highest BCUT2D eigenvalue weighted by molar-refractivity contribution is 7.99. The van der Waals surface area contributed by atoms with E-state index in [0.29, 0.717) is 11.8 Å². The Morgan fingerprint density at radius 1 is 1.24 bits per heavy atom. The quantitative estimate of drug-likeness (QED) is 0.825. The Labute approximate surface area is 128 Å². The Morgan fingerprint density at radius 3 is 2.95 bits per heavy atom. The third-order valence-corrected chi connectivity index (χ3v) is 5.07. The molecule has 0 aromatic carbocycles. The maximum atomic E-state index is 12.3. The van der Waals surface area contributed by atoms with Crippen molar-refractivity contribution in [3.63, 3.8) is 0 Å². The molecule has 1 saturated carbocycles. The van der Waals surface area contributed by atoms with Gasteiger partial charge in [0.1, 0.15) is 0 Å². The van der Waals surface area contributed by atoms with Crippen LogP contribution in [0, 0.1) is 0 Å². The number of rotatable bonds is 4. The van der Waals surface area contributed by atoms with Gasteiger partial charge in [-0.05, 0) is 36.2 Å². The maximum Gasteiger partial charge on any atom is 0.233 e. The molecule has 0 atom stereocenters. The molecule has 0 unspecified atom stereocenters. The number of aromatic nitrogens is 4. The molecule has 116 valence electrons. The molecular formula is C13H22N6OS. The van der Waals surface area contributed by atoms with Crippen LogP contribution in [0.2, 0.25) is 0 Å². The summed E-state index contributed by atoms with van der Waals surface area (Å²) in [5, 5.41) is 16.1. The Kier molecular flexibility index (Phi) is 5.08. The molecule has 2 heterocycles. The average molecular weight is 310 g/mol. The van der Waals surface area contributed by atoms with Gasteiger partial charge in [-0.2, -0.15) is 0 Å². The Balaban J connectivity index is 1.54. The molecule has 1 aliphatic heterocycles. The van der Waals surface area contributed by atoms with E-state index in [1.165, 1.54) is 24.6 Å². The normalized spacial score (nSPS) is 20.7. The van der Waals surface area contributed by atoms with Gasteiger partial charge >= 0.3 is 0 Å². The molecular weight excluding hydrogens is 288 g/mol. The van der Waals surface area contributed by atoms with Crippen molar-refractivity contribution in [2.24, 2.45) is 0 Å². The summed E-state index contributed by atoms with van der Waals surface area (Å²) < 4.78 is 1.91. The number of amides is 1. The van der Waals surface area contributed by atoms with Crippen molar-refractivity contribution in [1.82, 2.24) is 30.4 Å². The molecule has 2 fully saturated rings. The zero-order valence-corrected chi connectivity index (χ0v) is 13.0. The molecule has 3 rings (SSSR count). The van der Waals surface area contributed by atoms with Crippen molar-refractivity contribution in [2.45, 2.75) is 43.3 Å². The van der Waals surface area contributed by atoms with Crippen molar-refractivity contribution < 1.29 is 4.79 Å². The van der Waals surface area contributed by atoms with Gasteiger partial charge in [-0.25, -0.2) is 4.68 Å². The summed E-state index contributed by atoms with van der Waals surface area (Å²) in [6.07, 6.45) is 5.80. The second kappa shape index (κ2) is 7.22. The highest BCUT2D eigenvalue weighted by atomic mass is 32.2. The topological polar surface area (TPSA) is 75.9 Å². The summed E-state index contributed by atoms with van der Waals surface area (Å²) >= 11 is 1.46. The first-order valence-corrected chi connectivity index (χ1v) is 8.72. The van der Waals surface area contributed by atoms with Crippen molar-refractivity contribution >= 4 is 17.7 Å². The number of carbonyl (C=O) groups excluding carboxylic acids is 1. The number of nitrogens with zero attached hydrogens (tertiary/aromatic N) is 5. The van der Waals surface area contributed by atoms with Gasteiger partial charge in [-0.3, -0.25) is 4.79 Å². The minimum absolute atomic E-state index is 0.185. The zero-order valence-electron chi connectivity index (χ0n) is 12.2. The standard InChI is InChI=1S/C13H22N6OS/c20-12(18-8-3-6-14-7-9-18)10-21-13-15-16-17-19(13)11-4-1-2-5-11/h11,14H,1-10H2. The molecule has 1 N–H and O–H groups in total. The van der Waals surface area contributed by atoms with Gasteiger partial charge in [-0.1, -0.05) is 24.6 Å². The lowest BCUT2D eigenvalue weighted by Crippen LogP contribution is -2.35. The van der Waals surface area contributed by atoms with Gasteiger partial charge in [0.15, 0.2) is 0 Å². The first-order chi connectivity index (χ1) is 10.3. The van der Waals surface area contributed by atoms with Gasteiger partial charge in [0, 0.05) is 19.6 Å². The van der Waals surface area contributed by atoms with Gasteiger partial charge in [0.2, 0.25) is 11.1 Å². The van der Waals surface area contributed by atoms with Gasteiger partial charge in [0.05, 0.1) is 11.8 Å². The molecule has 7 nitrogen and oxygen atoms in total. The van der Waals surface area contributed by atoms with Crippen LogP contribution >= 0.6 is 11.8 Å². The summed E-state index contributed by atoms with van der Waals surface area (Å²) in [6.45, 7) is 3.53. The predicted molar refractivity (Wildman–Crippen MR) is 80.1 cm³/mol. The molecule has 0 spiro atoms. The zero-order chi connectivity index (χ0) is 14.5. The fraction of sp³-hybridized carbons (Fsp3) is 0.846. The molecule has 1 amide bonds. The summed E-state index contributed by atoms with van der Waals surface area (Å²) in [6, 6.07) is 0.417. The van der Waals surface area contributed by atoms with Crippen molar-refractivity contribution in [3.8, 4) is 0 Å². The number of thioether (sulfide) groups is 1. The maximum absolute atomic E-state index is 12.3. The molecule has 2 aliphatic rings. The predicted octanol–water partition coefficient (Wildman–Crippen LogP) is 0.702. The highest BCUT2D eigenvalue weighted by Crippen LogP contribution is 2.31. The monoisotopic (exact) mass is 310 g/mol. The van der Waals surface area contributed by atoms with Crippen LogP contribution < -0.4 is 5.32 Å². The van der Waals surface area contributed by atoms with E-state index >= 15 is 0 Å². The van der Waals surface area contributed by atoms with Gasteiger partial charge in [0.25, 0.3) is 0 Å². The molecule has 1 aromatic rings. The largest absolute Gasteiger partial charge is 0.341 e. The summed E-state index contributed by atoms with van der Waals surface area (Å²) in [5.74, 6) is 0.609. The first-order valence-electron chi connectivity index (χ1n) is 7.74. The highest BCUT2D eigenvalue weighted by Gasteiger charge is 2.23. The lowest BCUT2D eigenvalue weighted by molar-refractivity contribution is -0.128. The Morgan fingerprint density at radius 2 is 2.10 bits per heavy atom. The van der Waals surface area contributed by atoms with E-state index in [1.807, 2.05) is 9.58 Å². The fourth-order valence-corrected chi connectivity index (χ4v) is 3.82. The fourth-order valence-electron chi connectivity index (χ4n) is 2.97. The van der Waals surface area contributed by atoms with Crippen LogP contribution in [-0.2, 0) is 4.79 Å². The molecule has 0 radical (unpaired) electrons. The van der Waals surface area contributed by atoms with Crippen LogP contribution in [0.5, 0.6) is 0 Å². The van der Waals surface area contributed by atoms with E-state index in [4.69, 9.17) is 0 Å². The lowest BCUT2D eigenvalue weighted by Gasteiger charge is -2.19. The van der Waals surface area contributed by atoms with E-state index in [9.17, 15) is 4.79 Å². The van der Waals surface area contributed by atoms with Gasteiger partial charge < -0.3 is 10.2 Å². The van der Waals surface area contributed by atoms with Crippen molar-refractivity contribution in [3.05, 3.63) is 0 Å². The molecule has 1 aliphatic carbocycles. The number of hydrogen-bond donors (Lipinski definition) is 1. The number of carbonyl (C=O) groups is 1. The average Bonchev–Trinajstić information content (AvgIpc) is 3.10. The number of hydrogen-bond acceptors (Lipinski definition) is 6. The smallest absolute Gasteiger partial charge is 0.233 e. The van der Waals surface area contributed by atoms with Crippen molar-refractivity contribution in [1.29, 1.82) is 0 Å². The van der Waals surface area contributed by atoms with Crippen molar-refractivity contribution in [2.75, 3.05) is 31.9 Å². The first kappa shape index (κ1) is 14.8. The number of nitrogens with one attached hydrogen (secondary N) is 1. The van der Waals surface area contributed by atoms with Gasteiger partial charge in [-0.15, -0.1) is 5.10 Å². The van der Waals surface area contributed by atoms with Crippen LogP contribution in [0.3, 0.4) is 0 Å². The molecule has 21 heavy (non-hydrogen) atoms. The minimum Gasteiger partial charge on any atom is -0.341 e. The molecule has 1 aromatic heterocycles. The molecule has 0 bridgehead atoms. The molecule has 1 saturated heterocycles. The summed E-state index contributed by atoms with van der Waals surface area (Å²) in [7, 11) is 0. The van der Waals surface area contributed by atoms with Crippen LogP contribution in [0.1, 0.15) is 38.1 Å². The Bertz CT molecular complexity index is 465. The minimum atomic E-state index is 0.185. The molecule has 8 heteroatoms. The SMILES string of the molecule is O=C(CSc1nnnn1C1CCCC1)N1CCCNCC1. The van der Waals surface area contributed by atoms with Crippen LogP contribution in [0.25, 0.3) is 0 Å². The second-order valence-electron chi connectivity index (χ2n) is 5.62. The Hall–Kier alpha value is -1.15. The van der Waals surface area contributed by atoms with Crippen LogP contribution in [-0.4, -0.2) is 62.9 Å². The van der Waals surface area contributed by atoms with E-state index in [-0.39, 0.29) is 5.91 Å².